The summed E-state index contributed by atoms with van der Waals surface area (Å²) in [5, 5.41) is 0.341. The Hall–Kier alpha value is -2.12. The number of thiazole rings is 1. The molecule has 3 rings (SSSR count). The molecule has 0 unspecified atom stereocenters. The van der Waals surface area contributed by atoms with Gasteiger partial charge in [-0.1, -0.05) is 30.4 Å². The van der Waals surface area contributed by atoms with Gasteiger partial charge >= 0.3 is 0 Å². The summed E-state index contributed by atoms with van der Waals surface area (Å²) in [5.74, 6) is 0.714. The largest absolute Gasteiger partial charge is 0.497 e. The molecule has 7 heteroatoms. The van der Waals surface area contributed by atoms with Gasteiger partial charge in [-0.05, 0) is 42.3 Å². The number of aromatic nitrogens is 1. The van der Waals surface area contributed by atoms with Crippen LogP contribution in [0, 0.1) is 0 Å². The summed E-state index contributed by atoms with van der Waals surface area (Å²) < 4.78 is 33.4. The van der Waals surface area contributed by atoms with Gasteiger partial charge in [0.1, 0.15) is 5.75 Å². The fraction of sp³-hybridized carbons (Fsp3) is 0.188. The molecule has 3 aromatic rings. The number of methoxy groups -OCH3 is 1. The van der Waals surface area contributed by atoms with E-state index in [-0.39, 0.29) is 4.90 Å². The minimum atomic E-state index is -3.63. The lowest BCUT2D eigenvalue weighted by atomic mass is 10.2. The number of fused-ring (bicyclic) bond motifs is 1. The number of ether oxygens (including phenoxy) is 1. The smallest absolute Gasteiger partial charge is 0.263 e. The van der Waals surface area contributed by atoms with Crippen molar-refractivity contribution in [3.8, 4) is 5.75 Å². The van der Waals surface area contributed by atoms with Crippen LogP contribution in [0.4, 0.5) is 5.13 Å². The predicted octanol–water partition coefficient (Wildman–Crippen LogP) is 3.67. The molecule has 0 atom stereocenters. The quantitative estimate of drug-likeness (QED) is 0.764. The molecule has 120 valence electrons. The third-order valence-corrected chi connectivity index (χ3v) is 5.88. The maximum Gasteiger partial charge on any atom is 0.263 e. The number of rotatable bonds is 5. The van der Waals surface area contributed by atoms with Crippen molar-refractivity contribution in [3.63, 3.8) is 0 Å². The predicted molar refractivity (Wildman–Crippen MR) is 92.8 cm³/mol. The number of benzene rings is 2. The molecule has 1 heterocycles. The van der Waals surface area contributed by atoms with E-state index in [9.17, 15) is 8.42 Å². The second kappa shape index (κ2) is 6.17. The molecule has 0 saturated heterocycles. The van der Waals surface area contributed by atoms with Gasteiger partial charge in [0.25, 0.3) is 10.0 Å². The summed E-state index contributed by atoms with van der Waals surface area (Å²) >= 11 is 1.27. The standard InChI is InChI=1S/C16H16N2O3S2/c1-3-11-4-7-13(8-5-11)23(19,20)18-16-17-14-9-6-12(21-2)10-15(14)22-16/h4-10H,3H2,1-2H3,(H,17,18). The first-order valence-electron chi connectivity index (χ1n) is 7.08. The van der Waals surface area contributed by atoms with Crippen molar-refractivity contribution in [1.82, 2.24) is 4.98 Å². The Morgan fingerprint density at radius 3 is 2.57 bits per heavy atom. The lowest BCUT2D eigenvalue weighted by molar-refractivity contribution is 0.415. The number of anilines is 1. The molecule has 1 N–H and O–H groups in total. The Balaban J connectivity index is 1.90. The van der Waals surface area contributed by atoms with E-state index in [0.29, 0.717) is 10.9 Å². The van der Waals surface area contributed by atoms with Crippen LogP contribution in [0.15, 0.2) is 47.4 Å². The van der Waals surface area contributed by atoms with Crippen molar-refractivity contribution >= 4 is 36.7 Å². The minimum Gasteiger partial charge on any atom is -0.497 e. The highest BCUT2D eigenvalue weighted by Gasteiger charge is 2.16. The highest BCUT2D eigenvalue weighted by atomic mass is 32.2. The first-order chi connectivity index (χ1) is 11.0. The number of aryl methyl sites for hydroxylation is 1. The number of sulfonamides is 1. The fourth-order valence-electron chi connectivity index (χ4n) is 2.15. The Kier molecular flexibility index (Phi) is 4.23. The van der Waals surface area contributed by atoms with E-state index in [0.717, 1.165) is 22.2 Å². The van der Waals surface area contributed by atoms with E-state index in [2.05, 4.69) is 9.71 Å². The van der Waals surface area contributed by atoms with Crippen LogP contribution in [0.25, 0.3) is 10.2 Å². The molecule has 0 aliphatic carbocycles. The van der Waals surface area contributed by atoms with Crippen LogP contribution in [-0.2, 0) is 16.4 Å². The van der Waals surface area contributed by atoms with Gasteiger partial charge in [-0.2, -0.15) is 0 Å². The van der Waals surface area contributed by atoms with Crippen LogP contribution in [0.2, 0.25) is 0 Å². The van der Waals surface area contributed by atoms with Gasteiger partial charge < -0.3 is 4.74 Å². The second-order valence-electron chi connectivity index (χ2n) is 4.96. The lowest BCUT2D eigenvalue weighted by Gasteiger charge is -2.05. The molecule has 0 aliphatic rings. The number of nitrogens with one attached hydrogen (secondary N) is 1. The van der Waals surface area contributed by atoms with Crippen molar-refractivity contribution in [2.24, 2.45) is 0 Å². The normalized spacial score (nSPS) is 11.6. The van der Waals surface area contributed by atoms with E-state index in [1.807, 2.05) is 25.1 Å². The van der Waals surface area contributed by atoms with E-state index >= 15 is 0 Å². The highest BCUT2D eigenvalue weighted by Crippen LogP contribution is 2.30. The zero-order valence-corrected chi connectivity index (χ0v) is 14.4. The highest BCUT2D eigenvalue weighted by molar-refractivity contribution is 7.93. The van der Waals surface area contributed by atoms with Crippen molar-refractivity contribution in [3.05, 3.63) is 48.0 Å². The average molecular weight is 348 g/mol. The summed E-state index contributed by atoms with van der Waals surface area (Å²) in [6.45, 7) is 2.02. The van der Waals surface area contributed by atoms with Crippen LogP contribution in [0.1, 0.15) is 12.5 Å². The Bertz CT molecular complexity index is 932. The lowest BCUT2D eigenvalue weighted by Crippen LogP contribution is -2.12. The van der Waals surface area contributed by atoms with Crippen molar-refractivity contribution in [2.45, 2.75) is 18.2 Å². The zero-order valence-electron chi connectivity index (χ0n) is 12.7. The van der Waals surface area contributed by atoms with Crippen molar-refractivity contribution < 1.29 is 13.2 Å². The van der Waals surface area contributed by atoms with Crippen LogP contribution >= 0.6 is 11.3 Å². The van der Waals surface area contributed by atoms with E-state index < -0.39 is 10.0 Å². The Morgan fingerprint density at radius 1 is 1.17 bits per heavy atom. The van der Waals surface area contributed by atoms with E-state index in [1.54, 1.807) is 31.4 Å². The molecule has 0 spiro atoms. The maximum atomic E-state index is 12.4. The van der Waals surface area contributed by atoms with Crippen LogP contribution < -0.4 is 9.46 Å². The van der Waals surface area contributed by atoms with Gasteiger partial charge in [0.2, 0.25) is 0 Å². The topological polar surface area (TPSA) is 68.3 Å². The molecule has 0 saturated carbocycles. The molecule has 0 bridgehead atoms. The number of nitrogens with zero attached hydrogens (tertiary/aromatic N) is 1. The molecule has 0 fully saturated rings. The van der Waals surface area contributed by atoms with Crippen molar-refractivity contribution in [1.29, 1.82) is 0 Å². The first-order valence-corrected chi connectivity index (χ1v) is 9.38. The fourth-order valence-corrected chi connectivity index (χ4v) is 4.28. The number of hydrogen-bond acceptors (Lipinski definition) is 5. The number of hydrogen-bond donors (Lipinski definition) is 1. The summed E-state index contributed by atoms with van der Waals surface area (Å²) in [7, 11) is -2.05. The van der Waals surface area contributed by atoms with Crippen LogP contribution in [0.3, 0.4) is 0 Å². The van der Waals surface area contributed by atoms with Crippen LogP contribution in [-0.4, -0.2) is 20.5 Å². The molecule has 5 nitrogen and oxygen atoms in total. The average Bonchev–Trinajstić information content (AvgIpc) is 2.95. The van der Waals surface area contributed by atoms with Gasteiger partial charge in [0.05, 0.1) is 22.2 Å². The summed E-state index contributed by atoms with van der Waals surface area (Å²) in [6, 6.07) is 12.3. The molecule has 0 aliphatic heterocycles. The molecule has 1 aromatic heterocycles. The minimum absolute atomic E-state index is 0.228. The van der Waals surface area contributed by atoms with Crippen molar-refractivity contribution in [2.75, 3.05) is 11.8 Å². The van der Waals surface area contributed by atoms with Gasteiger partial charge in [-0.3, -0.25) is 4.72 Å². The maximum absolute atomic E-state index is 12.4. The van der Waals surface area contributed by atoms with Gasteiger partial charge in [0, 0.05) is 0 Å². The molecular formula is C16H16N2O3S2. The molecule has 2 aromatic carbocycles. The molecular weight excluding hydrogens is 332 g/mol. The summed E-state index contributed by atoms with van der Waals surface area (Å²) in [5.41, 5.74) is 1.82. The van der Waals surface area contributed by atoms with Gasteiger partial charge in [-0.25, -0.2) is 13.4 Å². The summed E-state index contributed by atoms with van der Waals surface area (Å²) in [6.07, 6.45) is 0.869. The second-order valence-corrected chi connectivity index (χ2v) is 7.67. The first kappa shape index (κ1) is 15.8. The van der Waals surface area contributed by atoms with E-state index in [1.165, 1.54) is 11.3 Å². The molecule has 0 radical (unpaired) electrons. The van der Waals surface area contributed by atoms with E-state index in [4.69, 9.17) is 4.74 Å². The van der Waals surface area contributed by atoms with Gasteiger partial charge in [0.15, 0.2) is 5.13 Å². The third kappa shape index (κ3) is 3.30. The zero-order chi connectivity index (χ0) is 16.4. The molecule has 23 heavy (non-hydrogen) atoms. The van der Waals surface area contributed by atoms with Crippen LogP contribution in [0.5, 0.6) is 5.75 Å². The third-order valence-electron chi connectivity index (χ3n) is 3.46. The monoisotopic (exact) mass is 348 g/mol. The molecule has 0 amide bonds. The summed E-state index contributed by atoms with van der Waals surface area (Å²) in [4.78, 5) is 4.53. The van der Waals surface area contributed by atoms with Gasteiger partial charge in [-0.15, -0.1) is 0 Å². The Labute approximate surface area is 139 Å². The Morgan fingerprint density at radius 2 is 1.91 bits per heavy atom. The SMILES string of the molecule is CCc1ccc(S(=O)(=O)Nc2nc3ccc(OC)cc3s2)cc1.